The maximum atomic E-state index is 12.1. The molecule has 0 unspecified atom stereocenters. The van der Waals surface area contributed by atoms with Gasteiger partial charge in [0.1, 0.15) is 0 Å². The average Bonchev–Trinajstić information content (AvgIpc) is 2.89. The van der Waals surface area contributed by atoms with Crippen molar-refractivity contribution in [3.8, 4) is 0 Å². The Bertz CT molecular complexity index is 728. The molecule has 0 aliphatic rings. The van der Waals surface area contributed by atoms with Gasteiger partial charge < -0.3 is 5.32 Å². The summed E-state index contributed by atoms with van der Waals surface area (Å²) < 4.78 is 0. The van der Waals surface area contributed by atoms with Gasteiger partial charge in [0.15, 0.2) is 0 Å². The van der Waals surface area contributed by atoms with Crippen molar-refractivity contribution in [2.75, 3.05) is 5.32 Å². The molecule has 0 saturated heterocycles. The molecule has 3 aromatic rings. The quantitative estimate of drug-likeness (QED) is 0.735. The molecule has 94 valence electrons. The number of carbonyl (C=O) groups is 1. The summed E-state index contributed by atoms with van der Waals surface area (Å²) in [4.78, 5) is 12.1. The molecule has 0 bridgehead atoms. The third kappa shape index (κ3) is 2.20. The SMILES string of the molecule is Cc1ccc(C(=O)Nc2cccc3cn[nH]c23)cc1. The number of nitrogens with one attached hydrogen (secondary N) is 2. The first kappa shape index (κ1) is 11.5. The van der Waals surface area contributed by atoms with Crippen molar-refractivity contribution in [3.63, 3.8) is 0 Å². The highest BCUT2D eigenvalue weighted by molar-refractivity contribution is 6.08. The van der Waals surface area contributed by atoms with Crippen molar-refractivity contribution >= 4 is 22.5 Å². The van der Waals surface area contributed by atoms with Crippen molar-refractivity contribution in [2.24, 2.45) is 0 Å². The number of carbonyl (C=O) groups excluding carboxylic acids is 1. The van der Waals surface area contributed by atoms with E-state index < -0.39 is 0 Å². The van der Waals surface area contributed by atoms with Gasteiger partial charge in [-0.2, -0.15) is 5.10 Å². The fraction of sp³-hybridized carbons (Fsp3) is 0.0667. The topological polar surface area (TPSA) is 57.8 Å². The molecule has 0 spiro atoms. The summed E-state index contributed by atoms with van der Waals surface area (Å²) >= 11 is 0. The highest BCUT2D eigenvalue weighted by Gasteiger charge is 2.08. The molecule has 0 saturated carbocycles. The number of nitrogens with zero attached hydrogens (tertiary/aromatic N) is 1. The number of amides is 1. The summed E-state index contributed by atoms with van der Waals surface area (Å²) in [7, 11) is 0. The number of H-pyrrole nitrogens is 1. The zero-order chi connectivity index (χ0) is 13.2. The van der Waals surface area contributed by atoms with Crippen LogP contribution in [0.25, 0.3) is 10.9 Å². The molecule has 1 heterocycles. The largest absolute Gasteiger partial charge is 0.320 e. The lowest BCUT2D eigenvalue weighted by Gasteiger charge is -2.06. The van der Waals surface area contributed by atoms with Crippen LogP contribution < -0.4 is 5.32 Å². The minimum atomic E-state index is -0.123. The van der Waals surface area contributed by atoms with E-state index in [-0.39, 0.29) is 5.91 Å². The molecule has 2 N–H and O–H groups in total. The van der Waals surface area contributed by atoms with Gasteiger partial charge in [-0.05, 0) is 25.1 Å². The molecule has 0 radical (unpaired) electrons. The van der Waals surface area contributed by atoms with E-state index in [1.54, 1.807) is 6.20 Å². The van der Waals surface area contributed by atoms with Gasteiger partial charge in [-0.3, -0.25) is 9.89 Å². The normalized spacial score (nSPS) is 10.6. The highest BCUT2D eigenvalue weighted by Crippen LogP contribution is 2.21. The van der Waals surface area contributed by atoms with Crippen molar-refractivity contribution < 1.29 is 4.79 Å². The van der Waals surface area contributed by atoms with Gasteiger partial charge in [0.05, 0.1) is 17.4 Å². The second kappa shape index (κ2) is 4.57. The van der Waals surface area contributed by atoms with Crippen LogP contribution in [0.15, 0.2) is 48.7 Å². The Morgan fingerprint density at radius 1 is 1.16 bits per heavy atom. The number of rotatable bonds is 2. The number of aromatic nitrogens is 2. The third-order valence-electron chi connectivity index (χ3n) is 3.04. The van der Waals surface area contributed by atoms with E-state index in [1.807, 2.05) is 49.4 Å². The molecule has 4 nitrogen and oxygen atoms in total. The molecule has 0 aliphatic carbocycles. The van der Waals surface area contributed by atoms with E-state index in [0.29, 0.717) is 5.56 Å². The predicted octanol–water partition coefficient (Wildman–Crippen LogP) is 3.12. The maximum Gasteiger partial charge on any atom is 0.255 e. The van der Waals surface area contributed by atoms with E-state index in [9.17, 15) is 4.79 Å². The maximum absolute atomic E-state index is 12.1. The van der Waals surface area contributed by atoms with Gasteiger partial charge in [-0.15, -0.1) is 0 Å². The van der Waals surface area contributed by atoms with Crippen LogP contribution in [0.3, 0.4) is 0 Å². The minimum absolute atomic E-state index is 0.123. The molecule has 2 aromatic carbocycles. The molecule has 3 rings (SSSR count). The number of benzene rings is 2. The number of hydrogen-bond acceptors (Lipinski definition) is 2. The molecular weight excluding hydrogens is 238 g/mol. The highest BCUT2D eigenvalue weighted by atomic mass is 16.1. The summed E-state index contributed by atoms with van der Waals surface area (Å²) in [5.74, 6) is -0.123. The number of aryl methyl sites for hydroxylation is 1. The van der Waals surface area contributed by atoms with Crippen LogP contribution in [-0.2, 0) is 0 Å². The first-order chi connectivity index (χ1) is 9.24. The van der Waals surface area contributed by atoms with Gasteiger partial charge in [0.2, 0.25) is 0 Å². The first-order valence-electron chi connectivity index (χ1n) is 6.04. The lowest BCUT2D eigenvalue weighted by Crippen LogP contribution is -2.12. The summed E-state index contributed by atoms with van der Waals surface area (Å²) in [6.45, 7) is 1.99. The van der Waals surface area contributed by atoms with Crippen LogP contribution in [0.1, 0.15) is 15.9 Å². The van der Waals surface area contributed by atoms with E-state index in [1.165, 1.54) is 0 Å². The van der Waals surface area contributed by atoms with E-state index in [0.717, 1.165) is 22.2 Å². The van der Waals surface area contributed by atoms with Crippen LogP contribution in [0, 0.1) is 6.92 Å². The standard InChI is InChI=1S/C15H13N3O/c1-10-5-7-11(8-6-10)15(19)17-13-4-2-3-12-9-16-18-14(12)13/h2-9H,1H3,(H,16,18)(H,17,19). The second-order valence-electron chi connectivity index (χ2n) is 4.46. The molecule has 1 amide bonds. The smallest absolute Gasteiger partial charge is 0.255 e. The monoisotopic (exact) mass is 251 g/mol. The van der Waals surface area contributed by atoms with Crippen LogP contribution in [0.2, 0.25) is 0 Å². The molecule has 19 heavy (non-hydrogen) atoms. The first-order valence-corrected chi connectivity index (χ1v) is 6.04. The van der Waals surface area contributed by atoms with Gasteiger partial charge >= 0.3 is 0 Å². The summed E-state index contributed by atoms with van der Waals surface area (Å²) in [6.07, 6.45) is 1.73. The number of hydrogen-bond donors (Lipinski definition) is 2. The number of para-hydroxylation sites is 1. The van der Waals surface area contributed by atoms with Crippen molar-refractivity contribution in [1.82, 2.24) is 10.2 Å². The lowest BCUT2D eigenvalue weighted by atomic mass is 10.1. The fourth-order valence-electron chi connectivity index (χ4n) is 1.97. The number of fused-ring (bicyclic) bond motifs is 1. The van der Waals surface area contributed by atoms with Crippen LogP contribution in [-0.4, -0.2) is 16.1 Å². The van der Waals surface area contributed by atoms with Crippen LogP contribution in [0.5, 0.6) is 0 Å². The summed E-state index contributed by atoms with van der Waals surface area (Å²) in [5.41, 5.74) is 3.35. The molecule has 0 fully saturated rings. The molecule has 0 atom stereocenters. The second-order valence-corrected chi connectivity index (χ2v) is 4.46. The van der Waals surface area contributed by atoms with Crippen LogP contribution >= 0.6 is 0 Å². The Kier molecular flexibility index (Phi) is 2.76. The predicted molar refractivity (Wildman–Crippen MR) is 75.2 cm³/mol. The summed E-state index contributed by atoms with van der Waals surface area (Å²) in [5, 5.41) is 10.7. The van der Waals surface area contributed by atoms with Gasteiger partial charge in [-0.1, -0.05) is 29.8 Å². The third-order valence-corrected chi connectivity index (χ3v) is 3.04. The van der Waals surface area contributed by atoms with Crippen molar-refractivity contribution in [1.29, 1.82) is 0 Å². The Hall–Kier alpha value is -2.62. The number of aromatic amines is 1. The van der Waals surface area contributed by atoms with Crippen LogP contribution in [0.4, 0.5) is 5.69 Å². The molecule has 0 aliphatic heterocycles. The van der Waals surface area contributed by atoms with E-state index in [2.05, 4.69) is 15.5 Å². The lowest BCUT2D eigenvalue weighted by molar-refractivity contribution is 0.102. The fourth-order valence-corrected chi connectivity index (χ4v) is 1.97. The zero-order valence-corrected chi connectivity index (χ0v) is 10.5. The van der Waals surface area contributed by atoms with E-state index >= 15 is 0 Å². The Morgan fingerprint density at radius 2 is 1.95 bits per heavy atom. The van der Waals surface area contributed by atoms with Gasteiger partial charge in [0.25, 0.3) is 5.91 Å². The van der Waals surface area contributed by atoms with Gasteiger partial charge in [0, 0.05) is 10.9 Å². The molecular formula is C15H13N3O. The summed E-state index contributed by atoms with van der Waals surface area (Å²) in [6, 6.07) is 13.2. The molecule has 4 heteroatoms. The Balaban J connectivity index is 1.90. The molecule has 1 aromatic heterocycles. The Labute approximate surface area is 110 Å². The zero-order valence-electron chi connectivity index (χ0n) is 10.5. The Morgan fingerprint density at radius 3 is 2.74 bits per heavy atom. The van der Waals surface area contributed by atoms with E-state index in [4.69, 9.17) is 0 Å². The van der Waals surface area contributed by atoms with Crippen molar-refractivity contribution in [3.05, 3.63) is 59.8 Å². The van der Waals surface area contributed by atoms with Gasteiger partial charge in [-0.25, -0.2) is 0 Å². The minimum Gasteiger partial charge on any atom is -0.320 e. The number of anilines is 1. The van der Waals surface area contributed by atoms with Crippen molar-refractivity contribution in [2.45, 2.75) is 6.92 Å². The average molecular weight is 251 g/mol.